The summed E-state index contributed by atoms with van der Waals surface area (Å²) in [7, 11) is 0. The third kappa shape index (κ3) is 3.80. The SMILES string of the molecule is CC#CCCNC(C)C1CCOC1. The maximum Gasteiger partial charge on any atom is 0.0509 e. The molecule has 1 aliphatic heterocycles. The maximum absolute atomic E-state index is 5.34. The molecule has 0 aromatic heterocycles. The minimum Gasteiger partial charge on any atom is -0.381 e. The molecule has 2 heteroatoms. The first-order valence-corrected chi connectivity index (χ1v) is 5.05. The van der Waals surface area contributed by atoms with E-state index in [2.05, 4.69) is 24.1 Å². The van der Waals surface area contributed by atoms with Crippen molar-refractivity contribution in [1.82, 2.24) is 5.32 Å². The number of rotatable bonds is 4. The topological polar surface area (TPSA) is 21.3 Å². The van der Waals surface area contributed by atoms with Crippen LogP contribution >= 0.6 is 0 Å². The van der Waals surface area contributed by atoms with E-state index in [0.717, 1.165) is 26.2 Å². The Labute approximate surface area is 81.0 Å². The highest BCUT2D eigenvalue weighted by molar-refractivity contribution is 4.95. The van der Waals surface area contributed by atoms with Gasteiger partial charge in [-0.25, -0.2) is 0 Å². The maximum atomic E-state index is 5.34. The van der Waals surface area contributed by atoms with E-state index in [1.807, 2.05) is 6.92 Å². The van der Waals surface area contributed by atoms with E-state index in [-0.39, 0.29) is 0 Å². The summed E-state index contributed by atoms with van der Waals surface area (Å²) in [6.45, 7) is 6.98. The van der Waals surface area contributed by atoms with Gasteiger partial charge in [-0.05, 0) is 26.2 Å². The van der Waals surface area contributed by atoms with E-state index < -0.39 is 0 Å². The Morgan fingerprint density at radius 2 is 2.46 bits per heavy atom. The Hall–Kier alpha value is -0.520. The van der Waals surface area contributed by atoms with Gasteiger partial charge in [-0.15, -0.1) is 11.8 Å². The number of ether oxygens (including phenoxy) is 1. The van der Waals surface area contributed by atoms with Crippen LogP contribution in [-0.2, 0) is 4.74 Å². The van der Waals surface area contributed by atoms with Crippen molar-refractivity contribution in [2.45, 2.75) is 32.7 Å². The Balaban J connectivity index is 2.08. The van der Waals surface area contributed by atoms with Gasteiger partial charge in [-0.3, -0.25) is 0 Å². The Morgan fingerprint density at radius 1 is 1.62 bits per heavy atom. The first kappa shape index (κ1) is 10.6. The zero-order valence-corrected chi connectivity index (χ0v) is 8.60. The molecule has 2 nitrogen and oxygen atoms in total. The van der Waals surface area contributed by atoms with Crippen LogP contribution in [0.4, 0.5) is 0 Å². The van der Waals surface area contributed by atoms with Gasteiger partial charge >= 0.3 is 0 Å². The van der Waals surface area contributed by atoms with Crippen LogP contribution in [-0.4, -0.2) is 25.8 Å². The first-order valence-electron chi connectivity index (χ1n) is 5.05. The summed E-state index contributed by atoms with van der Waals surface area (Å²) in [5.41, 5.74) is 0. The molecular formula is C11H19NO. The second-order valence-corrected chi connectivity index (χ2v) is 3.54. The highest BCUT2D eigenvalue weighted by atomic mass is 16.5. The standard InChI is InChI=1S/C11H19NO/c1-3-4-5-7-12-10(2)11-6-8-13-9-11/h10-12H,5-9H2,1-2H3. The molecule has 0 radical (unpaired) electrons. The molecule has 13 heavy (non-hydrogen) atoms. The molecule has 0 spiro atoms. The van der Waals surface area contributed by atoms with Crippen molar-refractivity contribution in [3.05, 3.63) is 0 Å². The summed E-state index contributed by atoms with van der Waals surface area (Å²) in [5, 5.41) is 3.48. The fourth-order valence-electron chi connectivity index (χ4n) is 1.60. The van der Waals surface area contributed by atoms with Crippen molar-refractivity contribution in [2.75, 3.05) is 19.8 Å². The minimum atomic E-state index is 0.571. The number of hydrogen-bond acceptors (Lipinski definition) is 2. The predicted octanol–water partition coefficient (Wildman–Crippen LogP) is 1.41. The predicted molar refractivity (Wildman–Crippen MR) is 54.5 cm³/mol. The fraction of sp³-hybridized carbons (Fsp3) is 0.818. The van der Waals surface area contributed by atoms with Crippen molar-refractivity contribution in [1.29, 1.82) is 0 Å². The summed E-state index contributed by atoms with van der Waals surface area (Å²) in [6, 6.07) is 0.571. The zero-order valence-electron chi connectivity index (χ0n) is 8.60. The molecule has 74 valence electrons. The average Bonchev–Trinajstić information content (AvgIpc) is 2.65. The summed E-state index contributed by atoms with van der Waals surface area (Å²) >= 11 is 0. The molecule has 2 unspecified atom stereocenters. The normalized spacial score (nSPS) is 23.7. The van der Waals surface area contributed by atoms with Crippen LogP contribution in [0.3, 0.4) is 0 Å². The second kappa shape index (κ2) is 6.01. The van der Waals surface area contributed by atoms with Crippen LogP contribution in [0.25, 0.3) is 0 Å². The van der Waals surface area contributed by atoms with Gasteiger partial charge in [0.15, 0.2) is 0 Å². The van der Waals surface area contributed by atoms with Crippen LogP contribution in [0, 0.1) is 17.8 Å². The van der Waals surface area contributed by atoms with Gasteiger partial charge in [0.25, 0.3) is 0 Å². The molecule has 1 saturated heterocycles. The largest absolute Gasteiger partial charge is 0.381 e. The summed E-state index contributed by atoms with van der Waals surface area (Å²) in [5.74, 6) is 6.65. The quantitative estimate of drug-likeness (QED) is 0.523. The molecule has 0 saturated carbocycles. The molecule has 1 heterocycles. The lowest BCUT2D eigenvalue weighted by Gasteiger charge is -2.18. The number of nitrogens with one attached hydrogen (secondary N) is 1. The van der Waals surface area contributed by atoms with Crippen LogP contribution in [0.1, 0.15) is 26.7 Å². The molecule has 0 aromatic carbocycles. The lowest BCUT2D eigenvalue weighted by atomic mass is 10.0. The van der Waals surface area contributed by atoms with Gasteiger partial charge in [0, 0.05) is 25.6 Å². The van der Waals surface area contributed by atoms with Crippen molar-refractivity contribution in [3.63, 3.8) is 0 Å². The van der Waals surface area contributed by atoms with E-state index in [1.54, 1.807) is 0 Å². The van der Waals surface area contributed by atoms with Crippen LogP contribution in [0.2, 0.25) is 0 Å². The van der Waals surface area contributed by atoms with E-state index >= 15 is 0 Å². The third-order valence-corrected chi connectivity index (χ3v) is 2.57. The Kier molecular flexibility index (Phi) is 4.88. The van der Waals surface area contributed by atoms with Gasteiger partial charge in [-0.1, -0.05) is 0 Å². The van der Waals surface area contributed by atoms with Crippen molar-refractivity contribution in [2.24, 2.45) is 5.92 Å². The number of hydrogen-bond donors (Lipinski definition) is 1. The Morgan fingerprint density at radius 3 is 3.08 bits per heavy atom. The summed E-state index contributed by atoms with van der Waals surface area (Å²) in [6.07, 6.45) is 2.15. The highest BCUT2D eigenvalue weighted by Crippen LogP contribution is 2.15. The minimum absolute atomic E-state index is 0.571. The average molecular weight is 181 g/mol. The van der Waals surface area contributed by atoms with E-state index in [1.165, 1.54) is 6.42 Å². The molecule has 1 aliphatic rings. The first-order chi connectivity index (χ1) is 6.34. The van der Waals surface area contributed by atoms with Crippen LogP contribution in [0.5, 0.6) is 0 Å². The van der Waals surface area contributed by atoms with Gasteiger partial charge in [-0.2, -0.15) is 0 Å². The fourth-order valence-corrected chi connectivity index (χ4v) is 1.60. The molecule has 2 atom stereocenters. The molecule has 1 fully saturated rings. The van der Waals surface area contributed by atoms with Crippen LogP contribution < -0.4 is 5.32 Å². The van der Waals surface area contributed by atoms with Gasteiger partial charge < -0.3 is 10.1 Å². The molecular weight excluding hydrogens is 162 g/mol. The highest BCUT2D eigenvalue weighted by Gasteiger charge is 2.21. The van der Waals surface area contributed by atoms with Gasteiger partial charge in [0.1, 0.15) is 0 Å². The second-order valence-electron chi connectivity index (χ2n) is 3.54. The lowest BCUT2D eigenvalue weighted by molar-refractivity contribution is 0.178. The third-order valence-electron chi connectivity index (χ3n) is 2.57. The molecule has 1 rings (SSSR count). The van der Waals surface area contributed by atoms with Crippen molar-refractivity contribution < 1.29 is 4.74 Å². The molecule has 0 bridgehead atoms. The van der Waals surface area contributed by atoms with Gasteiger partial charge in [0.2, 0.25) is 0 Å². The van der Waals surface area contributed by atoms with E-state index in [0.29, 0.717) is 12.0 Å². The Bertz CT molecular complexity index is 186. The zero-order chi connectivity index (χ0) is 9.52. The lowest BCUT2D eigenvalue weighted by Crippen LogP contribution is -2.34. The van der Waals surface area contributed by atoms with E-state index in [4.69, 9.17) is 4.74 Å². The molecule has 1 N–H and O–H groups in total. The smallest absolute Gasteiger partial charge is 0.0509 e. The van der Waals surface area contributed by atoms with Crippen molar-refractivity contribution in [3.8, 4) is 11.8 Å². The van der Waals surface area contributed by atoms with Crippen LogP contribution in [0.15, 0.2) is 0 Å². The summed E-state index contributed by atoms with van der Waals surface area (Å²) in [4.78, 5) is 0. The summed E-state index contributed by atoms with van der Waals surface area (Å²) < 4.78 is 5.34. The molecule has 0 aliphatic carbocycles. The van der Waals surface area contributed by atoms with Crippen molar-refractivity contribution >= 4 is 0 Å². The van der Waals surface area contributed by atoms with Gasteiger partial charge in [0.05, 0.1) is 6.61 Å². The van der Waals surface area contributed by atoms with E-state index in [9.17, 15) is 0 Å². The molecule has 0 aromatic rings. The monoisotopic (exact) mass is 181 g/mol. The molecule has 0 amide bonds.